The van der Waals surface area contributed by atoms with E-state index in [4.69, 9.17) is 23.2 Å². The minimum atomic E-state index is -0.723. The Labute approximate surface area is 221 Å². The minimum Gasteiger partial charge on any atom is -0.352 e. The lowest BCUT2D eigenvalue weighted by Gasteiger charge is -2.30. The van der Waals surface area contributed by atoms with Crippen LogP contribution in [0.25, 0.3) is 10.8 Å². The first-order valence-electron chi connectivity index (χ1n) is 12.1. The van der Waals surface area contributed by atoms with Gasteiger partial charge in [0.25, 0.3) is 5.91 Å². The zero-order chi connectivity index (χ0) is 26.0. The number of carbonyl (C=O) groups is 3. The molecule has 3 aromatic carbocycles. The summed E-state index contributed by atoms with van der Waals surface area (Å²) in [6.07, 6.45) is 0.609. The summed E-state index contributed by atoms with van der Waals surface area (Å²) in [7, 11) is 0. The maximum Gasteiger partial charge on any atom is 0.258 e. The maximum absolute atomic E-state index is 13.4. The molecule has 36 heavy (non-hydrogen) atoms. The van der Waals surface area contributed by atoms with Gasteiger partial charge in [0.15, 0.2) is 0 Å². The summed E-state index contributed by atoms with van der Waals surface area (Å²) in [6, 6.07) is 15.9. The second kappa shape index (κ2) is 10.9. The molecule has 0 bridgehead atoms. The summed E-state index contributed by atoms with van der Waals surface area (Å²) in [5.41, 5.74) is 2.14. The Balaban J connectivity index is 1.49. The molecule has 1 N–H and O–H groups in total. The largest absolute Gasteiger partial charge is 0.352 e. The molecule has 0 aliphatic carbocycles. The summed E-state index contributed by atoms with van der Waals surface area (Å²) in [5, 5.41) is 5.71. The topological polar surface area (TPSA) is 69.7 Å². The van der Waals surface area contributed by atoms with Crippen molar-refractivity contribution in [2.45, 2.75) is 52.2 Å². The number of rotatable bonds is 9. The molecule has 1 aliphatic heterocycles. The second-order valence-corrected chi connectivity index (χ2v) is 10.1. The first-order chi connectivity index (χ1) is 17.2. The van der Waals surface area contributed by atoms with Crippen molar-refractivity contribution in [1.82, 2.24) is 10.2 Å². The van der Waals surface area contributed by atoms with Gasteiger partial charge in [0.1, 0.15) is 6.04 Å². The highest BCUT2D eigenvalue weighted by Crippen LogP contribution is 2.37. The monoisotopic (exact) mass is 525 g/mol. The number of nitrogens with one attached hydrogen (secondary N) is 1. The van der Waals surface area contributed by atoms with Crippen LogP contribution in [-0.4, -0.2) is 41.2 Å². The highest BCUT2D eigenvalue weighted by atomic mass is 35.5. The normalized spacial score (nSPS) is 13.4. The van der Waals surface area contributed by atoms with Crippen molar-refractivity contribution in [1.29, 1.82) is 0 Å². The lowest BCUT2D eigenvalue weighted by atomic mass is 10.1. The Hall–Kier alpha value is -3.09. The van der Waals surface area contributed by atoms with Gasteiger partial charge in [-0.15, -0.1) is 0 Å². The van der Waals surface area contributed by atoms with Crippen LogP contribution in [-0.2, 0) is 16.1 Å². The number of carbonyl (C=O) groups excluding carboxylic acids is 3. The zero-order valence-electron chi connectivity index (χ0n) is 20.6. The molecule has 0 radical (unpaired) electrons. The lowest BCUT2D eigenvalue weighted by molar-refractivity contribution is -0.140. The van der Waals surface area contributed by atoms with Crippen LogP contribution in [0.4, 0.5) is 5.69 Å². The van der Waals surface area contributed by atoms with Gasteiger partial charge in [0, 0.05) is 52.1 Å². The average molecular weight is 526 g/mol. The van der Waals surface area contributed by atoms with Gasteiger partial charge < -0.3 is 15.1 Å². The van der Waals surface area contributed by atoms with Crippen LogP contribution in [0.3, 0.4) is 0 Å². The maximum atomic E-state index is 13.4. The van der Waals surface area contributed by atoms with Crippen LogP contribution >= 0.6 is 23.2 Å². The first-order valence-corrected chi connectivity index (χ1v) is 12.8. The zero-order valence-corrected chi connectivity index (χ0v) is 22.1. The van der Waals surface area contributed by atoms with E-state index in [1.54, 1.807) is 30.0 Å². The molecule has 1 atom stereocenters. The fraction of sp³-hybridized carbons (Fsp3) is 0.321. The number of hydrogen-bond acceptors (Lipinski definition) is 3. The SMILES string of the molecule is CC(C)NC(=O)[C@@H](C)N(Cc1c(Cl)cccc1Cl)C(=O)CCCN1C(=O)c2cccc3cccc1c23. The highest BCUT2D eigenvalue weighted by molar-refractivity contribution is 6.36. The van der Waals surface area contributed by atoms with E-state index in [0.717, 1.165) is 16.5 Å². The summed E-state index contributed by atoms with van der Waals surface area (Å²) >= 11 is 12.7. The van der Waals surface area contributed by atoms with E-state index in [1.807, 2.05) is 50.2 Å². The number of hydrogen-bond donors (Lipinski definition) is 1. The van der Waals surface area contributed by atoms with Crippen molar-refractivity contribution < 1.29 is 14.4 Å². The van der Waals surface area contributed by atoms with E-state index in [2.05, 4.69) is 5.32 Å². The molecule has 188 valence electrons. The molecular formula is C28H29Cl2N3O3. The number of anilines is 1. The molecule has 1 heterocycles. The van der Waals surface area contributed by atoms with E-state index in [9.17, 15) is 14.4 Å². The molecule has 1 aliphatic rings. The van der Waals surface area contributed by atoms with Crippen molar-refractivity contribution in [3.8, 4) is 0 Å². The predicted octanol–water partition coefficient (Wildman–Crippen LogP) is 5.83. The van der Waals surface area contributed by atoms with Gasteiger partial charge in [-0.25, -0.2) is 0 Å². The summed E-state index contributed by atoms with van der Waals surface area (Å²) in [6.45, 7) is 5.94. The molecule has 4 rings (SSSR count). The number of nitrogens with zero attached hydrogens (tertiary/aromatic N) is 2. The van der Waals surface area contributed by atoms with Crippen molar-refractivity contribution in [3.63, 3.8) is 0 Å². The van der Waals surface area contributed by atoms with Crippen LogP contribution in [0.15, 0.2) is 54.6 Å². The molecular weight excluding hydrogens is 497 g/mol. The molecule has 8 heteroatoms. The second-order valence-electron chi connectivity index (χ2n) is 9.30. The molecule has 6 nitrogen and oxygen atoms in total. The summed E-state index contributed by atoms with van der Waals surface area (Å²) in [4.78, 5) is 42.5. The number of halogens is 2. The van der Waals surface area contributed by atoms with Crippen molar-refractivity contribution in [3.05, 3.63) is 75.8 Å². The Morgan fingerprint density at radius 2 is 1.61 bits per heavy atom. The van der Waals surface area contributed by atoms with E-state index in [-0.39, 0.29) is 36.7 Å². The van der Waals surface area contributed by atoms with E-state index in [1.165, 1.54) is 4.90 Å². The summed E-state index contributed by atoms with van der Waals surface area (Å²) < 4.78 is 0. The molecule has 0 unspecified atom stereocenters. The predicted molar refractivity (Wildman–Crippen MR) is 145 cm³/mol. The van der Waals surface area contributed by atoms with Crippen LogP contribution in [0.2, 0.25) is 10.0 Å². The van der Waals surface area contributed by atoms with Crippen LogP contribution in [0.5, 0.6) is 0 Å². The molecule has 0 saturated heterocycles. The van der Waals surface area contributed by atoms with Gasteiger partial charge in [0.05, 0.1) is 5.69 Å². The van der Waals surface area contributed by atoms with Crippen LogP contribution in [0, 0.1) is 0 Å². The van der Waals surface area contributed by atoms with E-state index >= 15 is 0 Å². The third-order valence-corrected chi connectivity index (χ3v) is 7.12. The Kier molecular flexibility index (Phi) is 7.86. The third kappa shape index (κ3) is 5.20. The Bertz CT molecular complexity index is 1300. The standard InChI is InChI=1S/C28H29Cl2N3O3/c1-17(2)31-27(35)18(3)33(16-21-22(29)11-6-12-23(21)30)25(34)14-7-15-32-24-13-5-9-19-8-4-10-20(26(19)24)28(32)36/h4-6,8-13,17-18H,7,14-16H2,1-3H3,(H,31,35)/t18-/m1/s1. The Morgan fingerprint density at radius 3 is 2.28 bits per heavy atom. The highest BCUT2D eigenvalue weighted by Gasteiger charge is 2.31. The van der Waals surface area contributed by atoms with E-state index in [0.29, 0.717) is 34.1 Å². The van der Waals surface area contributed by atoms with Gasteiger partial charge in [-0.05, 0) is 56.8 Å². The van der Waals surface area contributed by atoms with E-state index < -0.39 is 6.04 Å². The van der Waals surface area contributed by atoms with Crippen molar-refractivity contribution in [2.24, 2.45) is 0 Å². The molecule has 0 aromatic heterocycles. The fourth-order valence-corrected chi connectivity index (χ4v) is 5.09. The molecule has 0 spiro atoms. The first kappa shape index (κ1) is 26.0. The third-order valence-electron chi connectivity index (χ3n) is 6.41. The van der Waals surface area contributed by atoms with Gasteiger partial charge >= 0.3 is 0 Å². The number of benzene rings is 3. The minimum absolute atomic E-state index is 0.0568. The van der Waals surface area contributed by atoms with Gasteiger partial charge in [-0.2, -0.15) is 0 Å². The number of amides is 3. The van der Waals surface area contributed by atoms with Crippen LogP contribution < -0.4 is 10.2 Å². The fourth-order valence-electron chi connectivity index (χ4n) is 4.57. The summed E-state index contributed by atoms with van der Waals surface area (Å²) in [5.74, 6) is -0.517. The van der Waals surface area contributed by atoms with Gasteiger partial charge in [-0.1, -0.05) is 53.5 Å². The van der Waals surface area contributed by atoms with Crippen molar-refractivity contribution in [2.75, 3.05) is 11.4 Å². The molecule has 3 amide bonds. The molecule has 0 saturated carbocycles. The smallest absolute Gasteiger partial charge is 0.258 e. The quantitative estimate of drug-likeness (QED) is 0.382. The molecule has 3 aromatic rings. The van der Waals surface area contributed by atoms with Crippen molar-refractivity contribution >= 4 is 57.4 Å². The average Bonchev–Trinajstić information content (AvgIpc) is 3.11. The Morgan fingerprint density at radius 1 is 0.972 bits per heavy atom. The molecule has 0 fully saturated rings. The van der Waals surface area contributed by atoms with Gasteiger partial charge in [0.2, 0.25) is 11.8 Å². The lowest BCUT2D eigenvalue weighted by Crippen LogP contribution is -2.49. The van der Waals surface area contributed by atoms with Gasteiger partial charge in [-0.3, -0.25) is 14.4 Å². The van der Waals surface area contributed by atoms with Crippen LogP contribution in [0.1, 0.15) is 49.5 Å².